The van der Waals surface area contributed by atoms with Crippen LogP contribution in [0, 0.1) is 0 Å². The SMILES string of the molecule is Cn1cc(-c2cc3ccccn3c2C=O)cn1. The Morgan fingerprint density at radius 1 is 1.35 bits per heavy atom. The van der Waals surface area contributed by atoms with Crippen molar-refractivity contribution in [2.45, 2.75) is 0 Å². The number of nitrogens with zero attached hydrogens (tertiary/aromatic N) is 3. The van der Waals surface area contributed by atoms with E-state index in [9.17, 15) is 4.79 Å². The fourth-order valence-electron chi connectivity index (χ4n) is 2.06. The maximum absolute atomic E-state index is 11.2. The fraction of sp³-hybridized carbons (Fsp3) is 0.0769. The minimum absolute atomic E-state index is 0.661. The predicted octanol–water partition coefficient (Wildman–Crippen LogP) is 2.15. The minimum Gasteiger partial charge on any atom is -0.314 e. The monoisotopic (exact) mass is 225 g/mol. The maximum atomic E-state index is 11.2. The lowest BCUT2D eigenvalue weighted by molar-refractivity contribution is 0.111. The molecule has 0 aliphatic heterocycles. The van der Waals surface area contributed by atoms with Crippen LogP contribution < -0.4 is 0 Å². The molecule has 0 amide bonds. The highest BCUT2D eigenvalue weighted by Gasteiger charge is 2.11. The lowest BCUT2D eigenvalue weighted by Gasteiger charge is -1.96. The average molecular weight is 225 g/mol. The van der Waals surface area contributed by atoms with Gasteiger partial charge in [0.1, 0.15) is 0 Å². The van der Waals surface area contributed by atoms with Crippen LogP contribution in [0.5, 0.6) is 0 Å². The number of pyridine rings is 1. The van der Waals surface area contributed by atoms with Gasteiger partial charge in [-0.25, -0.2) is 0 Å². The van der Waals surface area contributed by atoms with Crippen LogP contribution in [0.15, 0.2) is 42.9 Å². The van der Waals surface area contributed by atoms with Crippen molar-refractivity contribution in [2.75, 3.05) is 0 Å². The van der Waals surface area contributed by atoms with Crippen LogP contribution in [0.1, 0.15) is 10.5 Å². The molecule has 84 valence electrons. The summed E-state index contributed by atoms with van der Waals surface area (Å²) in [6, 6.07) is 7.84. The first-order valence-corrected chi connectivity index (χ1v) is 5.34. The van der Waals surface area contributed by atoms with E-state index in [2.05, 4.69) is 5.10 Å². The van der Waals surface area contributed by atoms with Crippen LogP contribution in [-0.2, 0) is 7.05 Å². The van der Waals surface area contributed by atoms with Crippen LogP contribution in [0.3, 0.4) is 0 Å². The van der Waals surface area contributed by atoms with Crippen LogP contribution >= 0.6 is 0 Å². The second-order valence-electron chi connectivity index (χ2n) is 3.96. The molecule has 17 heavy (non-hydrogen) atoms. The molecule has 0 bridgehead atoms. The minimum atomic E-state index is 0.661. The molecule has 0 saturated carbocycles. The van der Waals surface area contributed by atoms with Crippen LogP contribution in [0.4, 0.5) is 0 Å². The first-order valence-electron chi connectivity index (χ1n) is 5.34. The van der Waals surface area contributed by atoms with Gasteiger partial charge in [-0.1, -0.05) is 6.07 Å². The van der Waals surface area contributed by atoms with Crippen molar-refractivity contribution in [2.24, 2.45) is 7.05 Å². The van der Waals surface area contributed by atoms with Crippen molar-refractivity contribution in [3.8, 4) is 11.1 Å². The average Bonchev–Trinajstić information content (AvgIpc) is 2.91. The molecule has 3 aromatic heterocycles. The van der Waals surface area contributed by atoms with Gasteiger partial charge in [-0.05, 0) is 18.2 Å². The van der Waals surface area contributed by atoms with E-state index in [1.165, 1.54) is 0 Å². The molecule has 0 atom stereocenters. The Morgan fingerprint density at radius 2 is 2.24 bits per heavy atom. The molecule has 0 N–H and O–H groups in total. The zero-order chi connectivity index (χ0) is 11.8. The molecule has 0 aromatic carbocycles. The molecule has 0 aliphatic carbocycles. The van der Waals surface area contributed by atoms with E-state index >= 15 is 0 Å². The van der Waals surface area contributed by atoms with Crippen molar-refractivity contribution >= 4 is 11.8 Å². The molecule has 0 saturated heterocycles. The quantitative estimate of drug-likeness (QED) is 0.627. The third-order valence-corrected chi connectivity index (χ3v) is 2.85. The van der Waals surface area contributed by atoms with Crippen LogP contribution in [-0.4, -0.2) is 20.5 Å². The predicted molar refractivity (Wildman–Crippen MR) is 65.0 cm³/mol. The number of aryl methyl sites for hydroxylation is 1. The maximum Gasteiger partial charge on any atom is 0.167 e. The Balaban J connectivity index is 2.32. The Morgan fingerprint density at radius 3 is 2.94 bits per heavy atom. The Bertz CT molecular complexity index is 694. The number of aromatic nitrogens is 3. The summed E-state index contributed by atoms with van der Waals surface area (Å²) in [4.78, 5) is 11.2. The summed E-state index contributed by atoms with van der Waals surface area (Å²) in [5.41, 5.74) is 3.54. The number of aldehydes is 1. The van der Waals surface area contributed by atoms with Gasteiger partial charge in [0.15, 0.2) is 6.29 Å². The number of fused-ring (bicyclic) bond motifs is 1. The van der Waals surface area contributed by atoms with Gasteiger partial charge < -0.3 is 4.40 Å². The van der Waals surface area contributed by atoms with Gasteiger partial charge in [-0.2, -0.15) is 5.10 Å². The summed E-state index contributed by atoms with van der Waals surface area (Å²) in [6.07, 6.45) is 6.44. The fourth-order valence-corrected chi connectivity index (χ4v) is 2.06. The number of carbonyl (C=O) groups excluding carboxylic acids is 1. The first kappa shape index (κ1) is 9.84. The van der Waals surface area contributed by atoms with Gasteiger partial charge in [-0.15, -0.1) is 0 Å². The number of hydrogen-bond acceptors (Lipinski definition) is 2. The van der Waals surface area contributed by atoms with Crippen molar-refractivity contribution < 1.29 is 4.79 Å². The zero-order valence-electron chi connectivity index (χ0n) is 9.37. The highest BCUT2D eigenvalue weighted by Crippen LogP contribution is 2.26. The third-order valence-electron chi connectivity index (χ3n) is 2.85. The zero-order valence-corrected chi connectivity index (χ0v) is 9.37. The van der Waals surface area contributed by atoms with Crippen molar-refractivity contribution in [1.29, 1.82) is 0 Å². The first-order chi connectivity index (χ1) is 8.29. The number of carbonyl (C=O) groups is 1. The number of hydrogen-bond donors (Lipinski definition) is 0. The Labute approximate surface area is 98.1 Å². The molecule has 3 aromatic rings. The van der Waals surface area contributed by atoms with Crippen molar-refractivity contribution in [3.05, 3.63) is 48.5 Å². The van der Waals surface area contributed by atoms with Crippen LogP contribution in [0.2, 0.25) is 0 Å². The highest BCUT2D eigenvalue weighted by atomic mass is 16.1. The lowest BCUT2D eigenvalue weighted by atomic mass is 10.1. The smallest absolute Gasteiger partial charge is 0.167 e. The molecule has 4 nitrogen and oxygen atoms in total. The lowest BCUT2D eigenvalue weighted by Crippen LogP contribution is -1.91. The van der Waals surface area contributed by atoms with Gasteiger partial charge in [0.25, 0.3) is 0 Å². The molecular weight excluding hydrogens is 214 g/mol. The summed E-state index contributed by atoms with van der Waals surface area (Å²) >= 11 is 0. The van der Waals surface area contributed by atoms with E-state index in [4.69, 9.17) is 0 Å². The van der Waals surface area contributed by atoms with E-state index < -0.39 is 0 Å². The molecule has 0 radical (unpaired) electrons. The molecule has 3 heterocycles. The summed E-state index contributed by atoms with van der Waals surface area (Å²) < 4.78 is 3.61. The van der Waals surface area contributed by atoms with E-state index in [-0.39, 0.29) is 0 Å². The summed E-state index contributed by atoms with van der Waals surface area (Å²) in [6.45, 7) is 0. The normalized spacial score (nSPS) is 10.9. The Hall–Kier alpha value is -2.36. The number of rotatable bonds is 2. The molecule has 0 aliphatic rings. The van der Waals surface area contributed by atoms with Gasteiger partial charge in [0.2, 0.25) is 0 Å². The summed E-state index contributed by atoms with van der Waals surface area (Å²) in [7, 11) is 1.86. The van der Waals surface area contributed by atoms with Crippen LogP contribution in [0.25, 0.3) is 16.6 Å². The third kappa shape index (κ3) is 1.45. The van der Waals surface area contributed by atoms with E-state index in [0.29, 0.717) is 5.69 Å². The second-order valence-corrected chi connectivity index (χ2v) is 3.96. The molecule has 0 fully saturated rings. The molecule has 0 spiro atoms. The summed E-state index contributed by atoms with van der Waals surface area (Å²) in [5, 5.41) is 4.13. The van der Waals surface area contributed by atoms with E-state index in [0.717, 1.165) is 22.9 Å². The Kier molecular flexibility index (Phi) is 2.08. The van der Waals surface area contributed by atoms with Crippen molar-refractivity contribution in [1.82, 2.24) is 14.2 Å². The van der Waals surface area contributed by atoms with E-state index in [1.807, 2.05) is 48.1 Å². The highest BCUT2D eigenvalue weighted by molar-refractivity contribution is 5.89. The summed E-state index contributed by atoms with van der Waals surface area (Å²) in [5.74, 6) is 0. The molecular formula is C13H11N3O. The molecule has 4 heteroatoms. The second kappa shape index (κ2) is 3.59. The van der Waals surface area contributed by atoms with Gasteiger partial charge in [-0.3, -0.25) is 9.48 Å². The van der Waals surface area contributed by atoms with Gasteiger partial charge in [0, 0.05) is 36.1 Å². The van der Waals surface area contributed by atoms with E-state index in [1.54, 1.807) is 10.9 Å². The molecule has 3 rings (SSSR count). The largest absolute Gasteiger partial charge is 0.314 e. The van der Waals surface area contributed by atoms with Gasteiger partial charge >= 0.3 is 0 Å². The van der Waals surface area contributed by atoms with Crippen molar-refractivity contribution in [3.63, 3.8) is 0 Å². The van der Waals surface area contributed by atoms with Gasteiger partial charge in [0.05, 0.1) is 11.9 Å². The topological polar surface area (TPSA) is 39.3 Å². The molecule has 0 unspecified atom stereocenters. The standard InChI is InChI=1S/C13H11N3O/c1-15-8-10(7-14-15)12-6-11-4-2-3-5-16(11)13(12)9-17/h2-9H,1H3.